The summed E-state index contributed by atoms with van der Waals surface area (Å²) >= 11 is 9.69. The van der Waals surface area contributed by atoms with Gasteiger partial charge in [0.25, 0.3) is 11.3 Å². The molecule has 2 aromatic rings. The van der Waals surface area contributed by atoms with Gasteiger partial charge in [-0.25, -0.2) is 0 Å². The molecule has 4 nitrogen and oxygen atoms in total. The van der Waals surface area contributed by atoms with Gasteiger partial charge in [-0.15, -0.1) is 4.37 Å². The summed E-state index contributed by atoms with van der Waals surface area (Å²) in [6.45, 7) is 0. The minimum absolute atomic E-state index is 0.0666. The van der Waals surface area contributed by atoms with Gasteiger partial charge in [0, 0.05) is 4.47 Å². The molecule has 0 aliphatic rings. The quantitative estimate of drug-likeness (QED) is 0.853. The highest BCUT2D eigenvalue weighted by Gasteiger charge is 2.09. The van der Waals surface area contributed by atoms with Crippen molar-refractivity contribution in [3.8, 4) is 11.6 Å². The van der Waals surface area contributed by atoms with Gasteiger partial charge in [0.2, 0.25) is 0 Å². The van der Waals surface area contributed by atoms with Crippen LogP contribution in [0.25, 0.3) is 0 Å². The molecule has 16 heavy (non-hydrogen) atoms. The molecule has 1 aromatic heterocycles. The maximum Gasteiger partial charge on any atom is 0.283 e. The number of hydrogen-bond donors (Lipinski definition) is 0. The van der Waals surface area contributed by atoms with E-state index in [1.807, 2.05) is 6.07 Å². The van der Waals surface area contributed by atoms with E-state index in [1.54, 1.807) is 18.2 Å². The molecule has 0 aliphatic carbocycles. The molecule has 0 unspecified atom stereocenters. The lowest BCUT2D eigenvalue weighted by Crippen LogP contribution is -2.07. The molecule has 0 radical (unpaired) electrons. The third-order valence-electron chi connectivity index (χ3n) is 1.64. The molecule has 0 atom stereocenters. The number of ether oxygens (including phenoxy) is 1. The standard InChI is InChI=1S/C9H4BrClN2O2S/c10-5-2-1-3-6(4-5)15-9-7(14)8(11)12-16-13-9/h1-4H. The Morgan fingerprint density at radius 3 is 2.94 bits per heavy atom. The van der Waals surface area contributed by atoms with Crippen LogP contribution in [0.3, 0.4) is 0 Å². The fourth-order valence-corrected chi connectivity index (χ4v) is 1.91. The molecule has 7 heteroatoms. The molecular formula is C9H4BrClN2O2S. The van der Waals surface area contributed by atoms with Crippen molar-refractivity contribution in [3.63, 3.8) is 0 Å². The van der Waals surface area contributed by atoms with E-state index in [4.69, 9.17) is 16.3 Å². The van der Waals surface area contributed by atoms with Gasteiger partial charge in [-0.05, 0) is 18.2 Å². The van der Waals surface area contributed by atoms with Crippen LogP contribution in [0, 0.1) is 0 Å². The molecule has 1 aromatic carbocycles. The first-order valence-corrected chi connectivity index (χ1v) is 6.03. The Balaban J connectivity index is 2.34. The van der Waals surface area contributed by atoms with Gasteiger partial charge in [0.05, 0.1) is 11.7 Å². The highest BCUT2D eigenvalue weighted by Crippen LogP contribution is 2.21. The lowest BCUT2D eigenvalue weighted by Gasteiger charge is -2.02. The molecule has 0 fully saturated rings. The molecular weight excluding hydrogens is 316 g/mol. The van der Waals surface area contributed by atoms with Crippen LogP contribution in [-0.4, -0.2) is 8.75 Å². The highest BCUT2D eigenvalue weighted by molar-refractivity contribution is 9.10. The van der Waals surface area contributed by atoms with Crippen LogP contribution < -0.4 is 10.2 Å². The second kappa shape index (κ2) is 4.90. The first-order valence-electron chi connectivity index (χ1n) is 4.12. The predicted octanol–water partition coefficient (Wildman–Crippen LogP) is 3.11. The van der Waals surface area contributed by atoms with Crippen molar-refractivity contribution in [2.45, 2.75) is 0 Å². The van der Waals surface area contributed by atoms with Gasteiger partial charge in [0.1, 0.15) is 5.75 Å². The van der Waals surface area contributed by atoms with Crippen molar-refractivity contribution in [2.75, 3.05) is 0 Å². The molecule has 0 aliphatic heterocycles. The van der Waals surface area contributed by atoms with E-state index in [2.05, 4.69) is 24.7 Å². The molecule has 0 spiro atoms. The van der Waals surface area contributed by atoms with Crippen molar-refractivity contribution in [1.82, 2.24) is 8.75 Å². The molecule has 82 valence electrons. The number of nitrogens with zero attached hydrogens (tertiary/aromatic N) is 2. The summed E-state index contributed by atoms with van der Waals surface area (Å²) in [6.07, 6.45) is 0. The monoisotopic (exact) mass is 318 g/mol. The summed E-state index contributed by atoms with van der Waals surface area (Å²) in [5.41, 5.74) is -0.514. The van der Waals surface area contributed by atoms with Crippen molar-refractivity contribution >= 4 is 39.3 Å². The van der Waals surface area contributed by atoms with Crippen LogP contribution >= 0.6 is 39.3 Å². The first-order chi connectivity index (χ1) is 7.66. The second-order valence-electron chi connectivity index (χ2n) is 2.75. The lowest BCUT2D eigenvalue weighted by atomic mass is 10.3. The zero-order valence-electron chi connectivity index (χ0n) is 7.68. The van der Waals surface area contributed by atoms with Gasteiger partial charge in [0.15, 0.2) is 5.15 Å². The van der Waals surface area contributed by atoms with Crippen LogP contribution in [0.5, 0.6) is 11.6 Å². The minimum Gasteiger partial charge on any atom is -0.435 e. The lowest BCUT2D eigenvalue weighted by molar-refractivity contribution is 0.462. The number of hydrogen-bond acceptors (Lipinski definition) is 5. The van der Waals surface area contributed by atoms with Crippen LogP contribution in [-0.2, 0) is 0 Å². The van der Waals surface area contributed by atoms with E-state index in [0.717, 1.165) is 16.2 Å². The highest BCUT2D eigenvalue weighted by atomic mass is 79.9. The first kappa shape index (κ1) is 11.5. The number of benzene rings is 1. The van der Waals surface area contributed by atoms with Crippen LogP contribution in [0.4, 0.5) is 0 Å². The van der Waals surface area contributed by atoms with E-state index in [9.17, 15) is 4.79 Å². The maximum atomic E-state index is 11.5. The van der Waals surface area contributed by atoms with Gasteiger partial charge in [-0.3, -0.25) is 4.79 Å². The molecule has 1 heterocycles. The summed E-state index contributed by atoms with van der Waals surface area (Å²) in [5, 5.41) is -0.134. The normalized spacial score (nSPS) is 10.1. The third-order valence-corrected chi connectivity index (χ3v) is 3.00. The number of halogens is 2. The Kier molecular flexibility index (Phi) is 3.52. The van der Waals surface area contributed by atoms with Crippen LogP contribution in [0.15, 0.2) is 33.5 Å². The number of aromatic nitrogens is 2. The number of rotatable bonds is 2. The largest absolute Gasteiger partial charge is 0.435 e. The fraction of sp³-hybridized carbons (Fsp3) is 0. The van der Waals surface area contributed by atoms with Gasteiger partial charge < -0.3 is 4.74 Å². The van der Waals surface area contributed by atoms with E-state index < -0.39 is 5.43 Å². The zero-order chi connectivity index (χ0) is 11.5. The van der Waals surface area contributed by atoms with Gasteiger partial charge >= 0.3 is 0 Å². The smallest absolute Gasteiger partial charge is 0.283 e. The van der Waals surface area contributed by atoms with Crippen molar-refractivity contribution < 1.29 is 4.74 Å². The average molecular weight is 320 g/mol. The van der Waals surface area contributed by atoms with Crippen LogP contribution in [0.2, 0.25) is 5.15 Å². The van der Waals surface area contributed by atoms with Gasteiger partial charge in [-0.1, -0.05) is 33.6 Å². The molecule has 0 saturated carbocycles. The Labute approximate surface area is 108 Å². The summed E-state index contributed by atoms with van der Waals surface area (Å²) in [5.74, 6) is 0.441. The van der Waals surface area contributed by atoms with Crippen molar-refractivity contribution in [1.29, 1.82) is 0 Å². The predicted molar refractivity (Wildman–Crippen MR) is 65.4 cm³/mol. The Morgan fingerprint density at radius 1 is 1.38 bits per heavy atom. The molecule has 0 saturated heterocycles. The van der Waals surface area contributed by atoms with Crippen LogP contribution in [0.1, 0.15) is 0 Å². The maximum absolute atomic E-state index is 11.5. The minimum atomic E-state index is -0.514. The van der Waals surface area contributed by atoms with E-state index in [-0.39, 0.29) is 11.0 Å². The van der Waals surface area contributed by atoms with Gasteiger partial charge in [-0.2, -0.15) is 4.37 Å². The Hall–Kier alpha value is -0.980. The average Bonchev–Trinajstić information content (AvgIpc) is 2.25. The van der Waals surface area contributed by atoms with E-state index >= 15 is 0 Å². The SMILES string of the molecule is O=c1c(Cl)nsnc1Oc1cccc(Br)c1. The fourth-order valence-electron chi connectivity index (χ4n) is 0.972. The van der Waals surface area contributed by atoms with Crippen molar-refractivity contribution in [2.24, 2.45) is 0 Å². The summed E-state index contributed by atoms with van der Waals surface area (Å²) in [7, 11) is 0. The molecule has 0 amide bonds. The Morgan fingerprint density at radius 2 is 2.19 bits per heavy atom. The van der Waals surface area contributed by atoms with Crippen molar-refractivity contribution in [3.05, 3.63) is 44.1 Å². The summed E-state index contributed by atoms with van der Waals surface area (Å²) < 4.78 is 13.5. The van der Waals surface area contributed by atoms with E-state index in [0.29, 0.717) is 5.75 Å². The van der Waals surface area contributed by atoms with E-state index in [1.165, 1.54) is 0 Å². The zero-order valence-corrected chi connectivity index (χ0v) is 10.8. The molecule has 0 bridgehead atoms. The third kappa shape index (κ3) is 2.58. The second-order valence-corrected chi connectivity index (χ2v) is 4.55. The summed E-state index contributed by atoms with van der Waals surface area (Å²) in [4.78, 5) is 11.5. The molecule has 0 N–H and O–H groups in total. The summed E-state index contributed by atoms with van der Waals surface area (Å²) in [6, 6.07) is 7.07. The topological polar surface area (TPSA) is 52.1 Å². The Bertz CT molecular complexity index is 575. The molecule has 2 rings (SSSR count).